The third-order valence-corrected chi connectivity index (χ3v) is 5.56. The summed E-state index contributed by atoms with van der Waals surface area (Å²) in [5.41, 5.74) is 19.2. The van der Waals surface area contributed by atoms with Crippen LogP contribution in [-0.2, 0) is 0 Å². The number of hydrogen-bond acceptors (Lipinski definition) is 6. The van der Waals surface area contributed by atoms with E-state index in [9.17, 15) is 9.59 Å². The topological polar surface area (TPSA) is 150 Å². The number of benzene rings is 2. The molecule has 0 saturated carbocycles. The fourth-order valence-electron chi connectivity index (χ4n) is 3.60. The number of carbonyl (C=O) groups is 2. The maximum atomic E-state index is 11.5. The van der Waals surface area contributed by atoms with Gasteiger partial charge in [-0.3, -0.25) is 9.59 Å². The first-order chi connectivity index (χ1) is 17.7. The fourth-order valence-corrected chi connectivity index (χ4v) is 3.60. The summed E-state index contributed by atoms with van der Waals surface area (Å²) in [6.45, 7) is 1.96. The monoisotopic (exact) mass is 492 g/mol. The molecule has 0 aliphatic rings. The zero-order valence-electron chi connectivity index (χ0n) is 20.4. The SMILES string of the molecule is [N-]=[N+]=NCCCCCCOc1cc(-c2ccc(C=O)c(OCCCCCCN=[N+]=[N-])c2)ccc1C=O. The second-order valence-corrected chi connectivity index (χ2v) is 8.18. The van der Waals surface area contributed by atoms with Crippen molar-refractivity contribution in [1.82, 2.24) is 0 Å². The smallest absolute Gasteiger partial charge is 0.153 e. The number of nitrogens with zero attached hydrogens (tertiary/aromatic N) is 6. The molecule has 0 amide bonds. The predicted octanol–water partition coefficient (Wildman–Crippen LogP) is 7.48. The second kappa shape index (κ2) is 17.4. The van der Waals surface area contributed by atoms with Gasteiger partial charge in [-0.15, -0.1) is 0 Å². The van der Waals surface area contributed by atoms with E-state index >= 15 is 0 Å². The minimum atomic E-state index is 0.476. The molecule has 0 fully saturated rings. The van der Waals surface area contributed by atoms with Crippen LogP contribution in [0.15, 0.2) is 46.6 Å². The Balaban J connectivity index is 1.97. The maximum Gasteiger partial charge on any atom is 0.153 e. The number of unbranched alkanes of at least 4 members (excludes halogenated alkanes) is 6. The van der Waals surface area contributed by atoms with E-state index in [0.717, 1.165) is 75.1 Å². The summed E-state index contributed by atoms with van der Waals surface area (Å²) in [5.74, 6) is 1.03. The largest absolute Gasteiger partial charge is 0.493 e. The maximum absolute atomic E-state index is 11.5. The summed E-state index contributed by atoms with van der Waals surface area (Å²) in [6, 6.07) is 10.8. The standard InChI is InChI=1S/C26H32N6O4/c27-31-29-13-5-1-3-7-15-35-25-17-21(9-11-23(25)19-33)22-10-12-24(20-34)26(18-22)36-16-8-4-2-6-14-30-32-28/h9-12,17-20H,1-8,13-16H2. The van der Waals surface area contributed by atoms with Crippen LogP contribution in [0.4, 0.5) is 0 Å². The van der Waals surface area contributed by atoms with Gasteiger partial charge in [0.15, 0.2) is 12.6 Å². The summed E-state index contributed by atoms with van der Waals surface area (Å²) < 4.78 is 11.8. The van der Waals surface area contributed by atoms with Gasteiger partial charge in [-0.05, 0) is 72.1 Å². The molecule has 0 aliphatic carbocycles. The lowest BCUT2D eigenvalue weighted by molar-refractivity contribution is 0.111. The van der Waals surface area contributed by atoms with Crippen LogP contribution in [0.1, 0.15) is 72.1 Å². The minimum Gasteiger partial charge on any atom is -0.493 e. The van der Waals surface area contributed by atoms with Crippen molar-refractivity contribution in [2.75, 3.05) is 26.3 Å². The Labute approximate surface area is 210 Å². The molecule has 190 valence electrons. The molecule has 2 rings (SSSR count). The summed E-state index contributed by atoms with van der Waals surface area (Å²) in [6.07, 6.45) is 8.68. The molecule has 10 heteroatoms. The molecule has 0 saturated heterocycles. The second-order valence-electron chi connectivity index (χ2n) is 8.18. The van der Waals surface area contributed by atoms with E-state index < -0.39 is 0 Å². The molecule has 2 aromatic carbocycles. The number of aldehydes is 2. The van der Waals surface area contributed by atoms with E-state index in [2.05, 4.69) is 20.1 Å². The highest BCUT2D eigenvalue weighted by atomic mass is 16.5. The Morgan fingerprint density at radius 2 is 1.06 bits per heavy atom. The first-order valence-corrected chi connectivity index (χ1v) is 12.2. The Morgan fingerprint density at radius 1 is 0.639 bits per heavy atom. The van der Waals surface area contributed by atoms with Crippen LogP contribution in [0, 0.1) is 0 Å². The number of azide groups is 2. The Kier molecular flexibility index (Phi) is 13.7. The van der Waals surface area contributed by atoms with Crippen LogP contribution in [0.2, 0.25) is 0 Å². The van der Waals surface area contributed by atoms with Crippen LogP contribution < -0.4 is 9.47 Å². The van der Waals surface area contributed by atoms with Gasteiger partial charge in [-0.1, -0.05) is 48.0 Å². The third-order valence-electron chi connectivity index (χ3n) is 5.56. The minimum absolute atomic E-state index is 0.476. The van der Waals surface area contributed by atoms with E-state index in [-0.39, 0.29) is 0 Å². The van der Waals surface area contributed by atoms with Crippen molar-refractivity contribution in [1.29, 1.82) is 0 Å². The normalized spacial score (nSPS) is 10.1. The van der Waals surface area contributed by atoms with Gasteiger partial charge in [0.25, 0.3) is 0 Å². The van der Waals surface area contributed by atoms with Crippen molar-refractivity contribution in [3.05, 3.63) is 68.4 Å². The number of ether oxygens (including phenoxy) is 2. The van der Waals surface area contributed by atoms with Gasteiger partial charge in [0.05, 0.1) is 24.3 Å². The average Bonchev–Trinajstić information content (AvgIpc) is 2.91. The molecule has 2 aromatic rings. The summed E-state index contributed by atoms with van der Waals surface area (Å²) in [5, 5.41) is 7.04. The molecule has 0 bridgehead atoms. The lowest BCUT2D eigenvalue weighted by Crippen LogP contribution is -2.02. The lowest BCUT2D eigenvalue weighted by Gasteiger charge is -2.13. The fraction of sp³-hybridized carbons (Fsp3) is 0.462. The number of hydrogen-bond donors (Lipinski definition) is 0. The van der Waals surface area contributed by atoms with Crippen LogP contribution in [0.25, 0.3) is 32.0 Å². The molecular weight excluding hydrogens is 460 g/mol. The zero-order valence-corrected chi connectivity index (χ0v) is 20.4. The van der Waals surface area contributed by atoms with Crippen molar-refractivity contribution in [2.24, 2.45) is 10.2 Å². The molecule has 0 aliphatic heterocycles. The molecule has 36 heavy (non-hydrogen) atoms. The molecular formula is C26H32N6O4. The van der Waals surface area contributed by atoms with E-state index in [0.29, 0.717) is 48.9 Å². The van der Waals surface area contributed by atoms with E-state index in [1.54, 1.807) is 12.1 Å². The highest BCUT2D eigenvalue weighted by Crippen LogP contribution is 2.31. The van der Waals surface area contributed by atoms with Gasteiger partial charge < -0.3 is 9.47 Å². The van der Waals surface area contributed by atoms with Crippen LogP contribution in [0.3, 0.4) is 0 Å². The average molecular weight is 493 g/mol. The molecule has 0 atom stereocenters. The Bertz CT molecular complexity index is 993. The van der Waals surface area contributed by atoms with Crippen molar-refractivity contribution < 1.29 is 19.1 Å². The number of carbonyl (C=O) groups excluding carboxylic acids is 2. The van der Waals surface area contributed by atoms with Gasteiger partial charge in [-0.25, -0.2) is 0 Å². The molecule has 0 spiro atoms. The first kappa shape index (κ1) is 28.2. The number of rotatable bonds is 19. The first-order valence-electron chi connectivity index (χ1n) is 12.2. The molecule has 0 heterocycles. The van der Waals surface area contributed by atoms with E-state index in [1.165, 1.54) is 0 Å². The summed E-state index contributed by atoms with van der Waals surface area (Å²) >= 11 is 0. The summed E-state index contributed by atoms with van der Waals surface area (Å²) in [4.78, 5) is 28.5. The van der Waals surface area contributed by atoms with Crippen LogP contribution >= 0.6 is 0 Å². The van der Waals surface area contributed by atoms with E-state index in [1.807, 2.05) is 24.3 Å². The van der Waals surface area contributed by atoms with Gasteiger partial charge in [0, 0.05) is 22.9 Å². The van der Waals surface area contributed by atoms with E-state index in [4.69, 9.17) is 20.5 Å². The predicted molar refractivity (Wildman–Crippen MR) is 139 cm³/mol. The van der Waals surface area contributed by atoms with Crippen molar-refractivity contribution in [3.63, 3.8) is 0 Å². The molecule has 0 aromatic heterocycles. The van der Waals surface area contributed by atoms with Crippen LogP contribution in [-0.4, -0.2) is 38.9 Å². The van der Waals surface area contributed by atoms with Crippen molar-refractivity contribution in [2.45, 2.75) is 51.4 Å². The van der Waals surface area contributed by atoms with Gasteiger partial charge in [0.2, 0.25) is 0 Å². The molecule has 0 radical (unpaired) electrons. The molecule has 10 nitrogen and oxygen atoms in total. The van der Waals surface area contributed by atoms with Gasteiger partial charge >= 0.3 is 0 Å². The van der Waals surface area contributed by atoms with Crippen LogP contribution in [0.5, 0.6) is 11.5 Å². The zero-order chi connectivity index (χ0) is 25.8. The quantitative estimate of drug-likeness (QED) is 0.0656. The van der Waals surface area contributed by atoms with Crippen molar-refractivity contribution in [3.8, 4) is 22.6 Å². The third kappa shape index (κ3) is 10.1. The van der Waals surface area contributed by atoms with Crippen molar-refractivity contribution >= 4 is 12.6 Å². The molecule has 0 unspecified atom stereocenters. The van der Waals surface area contributed by atoms with Gasteiger partial charge in [0.1, 0.15) is 11.5 Å². The summed E-state index contributed by atoms with van der Waals surface area (Å²) in [7, 11) is 0. The lowest BCUT2D eigenvalue weighted by atomic mass is 10.0. The Hall–Kier alpha value is -4.00. The highest BCUT2D eigenvalue weighted by Gasteiger charge is 2.10. The van der Waals surface area contributed by atoms with Gasteiger partial charge in [-0.2, -0.15) is 0 Å². The Morgan fingerprint density at radius 3 is 1.44 bits per heavy atom. The highest BCUT2D eigenvalue weighted by molar-refractivity contribution is 5.84. The molecule has 0 N–H and O–H groups in total.